The molecule has 1 aliphatic carbocycles. The topological polar surface area (TPSA) is 49.5 Å². The minimum atomic E-state index is -0.375. The molecule has 2 fully saturated rings. The van der Waals surface area contributed by atoms with E-state index in [0.717, 1.165) is 32.5 Å². The van der Waals surface area contributed by atoms with Gasteiger partial charge in [-0.05, 0) is 24.8 Å². The Morgan fingerprint density at radius 3 is 2.81 bits per heavy atom. The van der Waals surface area contributed by atoms with E-state index in [1.54, 1.807) is 0 Å². The summed E-state index contributed by atoms with van der Waals surface area (Å²) in [6.07, 6.45) is 5.60. The van der Waals surface area contributed by atoms with E-state index in [-0.39, 0.29) is 5.60 Å². The fraction of sp³-hybridized carbons (Fsp3) is 0.667. The van der Waals surface area contributed by atoms with Gasteiger partial charge in [0, 0.05) is 38.0 Å². The van der Waals surface area contributed by atoms with Crippen molar-refractivity contribution >= 4 is 0 Å². The van der Waals surface area contributed by atoms with Gasteiger partial charge < -0.3 is 15.7 Å². The number of benzene rings is 1. The first-order valence-corrected chi connectivity index (χ1v) is 8.41. The third-order valence-corrected chi connectivity index (χ3v) is 5.55. The van der Waals surface area contributed by atoms with Crippen LogP contribution in [0.4, 0.5) is 0 Å². The predicted molar refractivity (Wildman–Crippen MR) is 86.2 cm³/mol. The van der Waals surface area contributed by atoms with Crippen LogP contribution >= 0.6 is 0 Å². The molecule has 116 valence electrons. The van der Waals surface area contributed by atoms with Crippen LogP contribution in [0, 0.1) is 5.92 Å². The Balaban J connectivity index is 1.63. The normalized spacial score (nSPS) is 31.6. The summed E-state index contributed by atoms with van der Waals surface area (Å²) in [7, 11) is 0. The van der Waals surface area contributed by atoms with Gasteiger partial charge in [0.1, 0.15) is 0 Å². The second kappa shape index (κ2) is 6.47. The monoisotopic (exact) mass is 288 g/mol. The van der Waals surface area contributed by atoms with E-state index >= 15 is 0 Å². The highest BCUT2D eigenvalue weighted by Gasteiger charge is 2.42. The Labute approximate surface area is 128 Å². The van der Waals surface area contributed by atoms with Crippen LogP contribution in [0.15, 0.2) is 30.3 Å². The summed E-state index contributed by atoms with van der Waals surface area (Å²) in [4.78, 5) is 2.52. The van der Waals surface area contributed by atoms with Crippen molar-refractivity contribution in [2.45, 2.75) is 43.6 Å². The van der Waals surface area contributed by atoms with Crippen LogP contribution in [0.2, 0.25) is 0 Å². The lowest BCUT2D eigenvalue weighted by Gasteiger charge is -2.48. The molecule has 1 aromatic rings. The van der Waals surface area contributed by atoms with Gasteiger partial charge in [0.05, 0.1) is 5.60 Å². The van der Waals surface area contributed by atoms with E-state index in [0.29, 0.717) is 18.4 Å². The van der Waals surface area contributed by atoms with Gasteiger partial charge in [0.25, 0.3) is 0 Å². The molecular formula is C18H28N2O. The molecule has 2 aliphatic rings. The Hall–Kier alpha value is -0.900. The smallest absolute Gasteiger partial charge is 0.0700 e. The highest BCUT2D eigenvalue weighted by molar-refractivity contribution is 5.20. The molecule has 3 nitrogen and oxygen atoms in total. The first-order valence-electron chi connectivity index (χ1n) is 8.41. The molecule has 3 N–H and O–H groups in total. The van der Waals surface area contributed by atoms with Crippen molar-refractivity contribution in [2.75, 3.05) is 26.2 Å². The molecule has 1 saturated heterocycles. The fourth-order valence-electron chi connectivity index (χ4n) is 4.16. The first-order chi connectivity index (χ1) is 10.2. The molecular weight excluding hydrogens is 260 g/mol. The SMILES string of the molecule is NCC(CN1CCC2(O)CCCCC2C1)c1ccccc1. The first kappa shape index (κ1) is 15.0. The van der Waals surface area contributed by atoms with Gasteiger partial charge in [-0.1, -0.05) is 43.2 Å². The van der Waals surface area contributed by atoms with E-state index in [1.807, 2.05) is 0 Å². The second-order valence-corrected chi connectivity index (χ2v) is 6.90. The highest BCUT2D eigenvalue weighted by atomic mass is 16.3. The fourth-order valence-corrected chi connectivity index (χ4v) is 4.16. The number of piperidine rings is 1. The number of rotatable bonds is 4. The lowest BCUT2D eigenvalue weighted by molar-refractivity contribution is -0.0958. The van der Waals surface area contributed by atoms with Crippen molar-refractivity contribution in [1.82, 2.24) is 4.90 Å². The van der Waals surface area contributed by atoms with Crippen molar-refractivity contribution in [3.05, 3.63) is 35.9 Å². The number of likely N-dealkylation sites (tertiary alicyclic amines) is 1. The van der Waals surface area contributed by atoms with Crippen molar-refractivity contribution in [3.8, 4) is 0 Å². The molecule has 3 rings (SSSR count). The summed E-state index contributed by atoms with van der Waals surface area (Å²) < 4.78 is 0. The molecule has 0 amide bonds. The number of hydrogen-bond donors (Lipinski definition) is 2. The highest BCUT2D eigenvalue weighted by Crippen LogP contribution is 2.40. The molecule has 1 aliphatic heterocycles. The van der Waals surface area contributed by atoms with Crippen molar-refractivity contribution in [2.24, 2.45) is 11.7 Å². The molecule has 1 aromatic carbocycles. The van der Waals surface area contributed by atoms with Gasteiger partial charge in [-0.3, -0.25) is 0 Å². The zero-order valence-electron chi connectivity index (χ0n) is 12.9. The van der Waals surface area contributed by atoms with Gasteiger partial charge in [-0.15, -0.1) is 0 Å². The van der Waals surface area contributed by atoms with Crippen LogP contribution < -0.4 is 5.73 Å². The van der Waals surface area contributed by atoms with Gasteiger partial charge in [0.2, 0.25) is 0 Å². The maximum Gasteiger partial charge on any atom is 0.0700 e. The van der Waals surface area contributed by atoms with E-state index in [9.17, 15) is 5.11 Å². The second-order valence-electron chi connectivity index (χ2n) is 6.90. The maximum atomic E-state index is 10.8. The molecule has 21 heavy (non-hydrogen) atoms. The summed E-state index contributed by atoms with van der Waals surface area (Å²) in [5.74, 6) is 0.871. The number of fused-ring (bicyclic) bond motifs is 1. The number of nitrogens with zero attached hydrogens (tertiary/aromatic N) is 1. The van der Waals surface area contributed by atoms with Gasteiger partial charge >= 0.3 is 0 Å². The summed E-state index contributed by atoms with van der Waals surface area (Å²) in [5.41, 5.74) is 6.97. The average Bonchev–Trinajstić information content (AvgIpc) is 2.53. The molecule has 0 radical (unpaired) electrons. The minimum Gasteiger partial charge on any atom is -0.390 e. The Morgan fingerprint density at radius 2 is 2.05 bits per heavy atom. The molecule has 1 saturated carbocycles. The largest absolute Gasteiger partial charge is 0.390 e. The number of hydrogen-bond acceptors (Lipinski definition) is 3. The third-order valence-electron chi connectivity index (χ3n) is 5.55. The van der Waals surface area contributed by atoms with Crippen molar-refractivity contribution < 1.29 is 5.11 Å². The lowest BCUT2D eigenvalue weighted by Crippen LogP contribution is -2.54. The van der Waals surface area contributed by atoms with Crippen LogP contribution in [-0.2, 0) is 0 Å². The Morgan fingerprint density at radius 1 is 1.24 bits per heavy atom. The quantitative estimate of drug-likeness (QED) is 0.894. The van der Waals surface area contributed by atoms with Crippen LogP contribution in [0.1, 0.15) is 43.6 Å². The summed E-state index contributed by atoms with van der Waals surface area (Å²) in [6, 6.07) is 10.6. The number of aliphatic hydroxyl groups is 1. The molecule has 1 heterocycles. The summed E-state index contributed by atoms with van der Waals surface area (Å²) in [5, 5.41) is 10.8. The molecule has 0 aromatic heterocycles. The van der Waals surface area contributed by atoms with Crippen LogP contribution in [0.5, 0.6) is 0 Å². The van der Waals surface area contributed by atoms with Crippen LogP contribution in [-0.4, -0.2) is 41.8 Å². The average molecular weight is 288 g/mol. The molecule has 3 unspecified atom stereocenters. The third kappa shape index (κ3) is 3.31. The standard InChI is InChI=1S/C18H28N2O/c19-12-16(15-6-2-1-3-7-15)13-20-11-10-18(21)9-5-4-8-17(18)14-20/h1-3,6-7,16-17,21H,4-5,8-14,19H2. The van der Waals surface area contributed by atoms with Crippen LogP contribution in [0.25, 0.3) is 0 Å². The van der Waals surface area contributed by atoms with Gasteiger partial charge in [-0.25, -0.2) is 0 Å². The molecule has 0 bridgehead atoms. The Kier molecular flexibility index (Phi) is 4.63. The lowest BCUT2D eigenvalue weighted by atomic mass is 9.71. The Bertz CT molecular complexity index is 450. The van der Waals surface area contributed by atoms with Crippen molar-refractivity contribution in [1.29, 1.82) is 0 Å². The summed E-state index contributed by atoms with van der Waals surface area (Å²) >= 11 is 0. The maximum absolute atomic E-state index is 10.8. The van der Waals surface area contributed by atoms with E-state index in [2.05, 4.69) is 35.2 Å². The van der Waals surface area contributed by atoms with Crippen LogP contribution in [0.3, 0.4) is 0 Å². The van der Waals surface area contributed by atoms with Crippen molar-refractivity contribution in [3.63, 3.8) is 0 Å². The molecule has 0 spiro atoms. The number of nitrogens with two attached hydrogens (primary N) is 1. The van der Waals surface area contributed by atoms with Gasteiger partial charge in [-0.2, -0.15) is 0 Å². The predicted octanol–water partition coefficient (Wildman–Crippen LogP) is 2.36. The van der Waals surface area contributed by atoms with E-state index in [1.165, 1.54) is 24.8 Å². The zero-order chi connectivity index (χ0) is 14.7. The van der Waals surface area contributed by atoms with E-state index in [4.69, 9.17) is 5.73 Å². The minimum absolute atomic E-state index is 0.375. The molecule has 3 atom stereocenters. The summed E-state index contributed by atoms with van der Waals surface area (Å²) in [6.45, 7) is 3.76. The zero-order valence-corrected chi connectivity index (χ0v) is 12.9. The van der Waals surface area contributed by atoms with E-state index < -0.39 is 0 Å². The molecule has 3 heteroatoms. The van der Waals surface area contributed by atoms with Gasteiger partial charge in [0.15, 0.2) is 0 Å².